The van der Waals surface area contributed by atoms with Gasteiger partial charge in [0.25, 0.3) is 11.8 Å². The van der Waals surface area contributed by atoms with E-state index >= 15 is 0 Å². The second kappa shape index (κ2) is 7.99. The number of carbonyl (C=O) groups excluding carboxylic acids is 2. The third-order valence-corrected chi connectivity index (χ3v) is 5.50. The molecule has 1 aliphatic rings. The number of carbonyl (C=O) groups is 2. The average Bonchev–Trinajstić information content (AvgIpc) is 3.27. The van der Waals surface area contributed by atoms with Gasteiger partial charge in [-0.3, -0.25) is 9.59 Å². The molecule has 1 fully saturated rings. The number of nitrogens with zero attached hydrogens (tertiary/aromatic N) is 1. The van der Waals surface area contributed by atoms with Crippen molar-refractivity contribution in [2.45, 2.75) is 31.9 Å². The van der Waals surface area contributed by atoms with Crippen LogP contribution in [-0.4, -0.2) is 47.1 Å². The van der Waals surface area contributed by atoms with Crippen molar-refractivity contribution in [3.8, 4) is 0 Å². The van der Waals surface area contributed by atoms with Crippen LogP contribution in [0, 0.1) is 0 Å². The number of nitrogens with one attached hydrogen (secondary N) is 1. The molecule has 2 atom stereocenters. The first-order valence-electron chi connectivity index (χ1n) is 8.70. The Bertz CT molecular complexity index is 788. The number of benzene rings is 1. The fraction of sp³-hybridized carbons (Fsp3) is 0.368. The zero-order valence-electron chi connectivity index (χ0n) is 14.6. The van der Waals surface area contributed by atoms with Crippen LogP contribution in [-0.2, 0) is 6.42 Å². The van der Waals surface area contributed by atoms with E-state index in [-0.39, 0.29) is 24.4 Å². The summed E-state index contributed by atoms with van der Waals surface area (Å²) in [5.41, 5.74) is 7.86. The maximum absolute atomic E-state index is 12.9. The predicted octanol–water partition coefficient (Wildman–Crippen LogP) is 2.10. The molecule has 0 bridgehead atoms. The molecule has 1 aromatic carbocycles. The van der Waals surface area contributed by atoms with Gasteiger partial charge < -0.3 is 21.1 Å². The van der Waals surface area contributed by atoms with Crippen molar-refractivity contribution in [3.63, 3.8) is 0 Å². The molecule has 26 heavy (non-hydrogen) atoms. The highest BCUT2D eigenvalue weighted by molar-refractivity contribution is 7.14. The van der Waals surface area contributed by atoms with Gasteiger partial charge >= 0.3 is 0 Å². The molecule has 2 aromatic rings. The Labute approximate surface area is 156 Å². The van der Waals surface area contributed by atoms with Gasteiger partial charge in [0, 0.05) is 24.7 Å². The number of nitrogens with two attached hydrogens (primary N) is 1. The number of aryl methyl sites for hydroxylation is 1. The SMILES string of the molecule is CCc1ccc(C(=O)Nc2sccc2C(=O)N2C[C@H](O)C[C@@H]2CN)cc1. The quantitative estimate of drug-likeness (QED) is 0.748. The minimum Gasteiger partial charge on any atom is -0.391 e. The number of likely N-dealkylation sites (tertiary alicyclic amines) is 1. The molecule has 1 saturated heterocycles. The molecular formula is C19H23N3O3S. The Morgan fingerprint density at radius 1 is 1.31 bits per heavy atom. The van der Waals surface area contributed by atoms with Crippen LogP contribution in [0.2, 0.25) is 0 Å². The van der Waals surface area contributed by atoms with Crippen molar-refractivity contribution >= 4 is 28.2 Å². The number of amides is 2. The maximum Gasteiger partial charge on any atom is 0.257 e. The first-order valence-corrected chi connectivity index (χ1v) is 9.58. The second-order valence-corrected chi connectivity index (χ2v) is 7.32. The fourth-order valence-corrected chi connectivity index (χ4v) is 3.93. The van der Waals surface area contributed by atoms with E-state index in [2.05, 4.69) is 12.2 Å². The normalized spacial score (nSPS) is 19.6. The second-order valence-electron chi connectivity index (χ2n) is 6.40. The van der Waals surface area contributed by atoms with Crippen molar-refractivity contribution < 1.29 is 14.7 Å². The highest BCUT2D eigenvalue weighted by atomic mass is 32.1. The molecule has 7 heteroatoms. The van der Waals surface area contributed by atoms with Crippen molar-refractivity contribution in [1.82, 2.24) is 4.90 Å². The van der Waals surface area contributed by atoms with Gasteiger partial charge in [0.15, 0.2) is 0 Å². The molecule has 138 valence electrons. The third kappa shape index (κ3) is 3.80. The minimum atomic E-state index is -0.554. The first kappa shape index (κ1) is 18.6. The van der Waals surface area contributed by atoms with Crippen LogP contribution in [0.1, 0.15) is 39.6 Å². The summed E-state index contributed by atoms with van der Waals surface area (Å²) in [7, 11) is 0. The Balaban J connectivity index is 1.75. The lowest BCUT2D eigenvalue weighted by Gasteiger charge is -2.23. The van der Waals surface area contributed by atoms with Gasteiger partial charge in [0.2, 0.25) is 0 Å². The van der Waals surface area contributed by atoms with E-state index in [9.17, 15) is 14.7 Å². The van der Waals surface area contributed by atoms with E-state index in [0.717, 1.165) is 12.0 Å². The summed E-state index contributed by atoms with van der Waals surface area (Å²) in [6, 6.07) is 8.93. The Kier molecular flexibility index (Phi) is 5.70. The molecule has 6 nitrogen and oxygen atoms in total. The van der Waals surface area contributed by atoms with Gasteiger partial charge in [0.1, 0.15) is 5.00 Å². The number of rotatable bonds is 5. The van der Waals surface area contributed by atoms with E-state index < -0.39 is 6.10 Å². The number of anilines is 1. The molecule has 2 amide bonds. The average molecular weight is 373 g/mol. The molecule has 3 rings (SSSR count). The highest BCUT2D eigenvalue weighted by Crippen LogP contribution is 2.28. The van der Waals surface area contributed by atoms with Crippen molar-refractivity contribution in [2.75, 3.05) is 18.4 Å². The summed E-state index contributed by atoms with van der Waals surface area (Å²) >= 11 is 1.30. The smallest absolute Gasteiger partial charge is 0.257 e. The van der Waals surface area contributed by atoms with Gasteiger partial charge in [0.05, 0.1) is 11.7 Å². The maximum atomic E-state index is 12.9. The lowest BCUT2D eigenvalue weighted by atomic mass is 10.1. The number of hydrogen-bond donors (Lipinski definition) is 3. The summed E-state index contributed by atoms with van der Waals surface area (Å²) in [5, 5.41) is 14.9. The first-order chi connectivity index (χ1) is 12.5. The van der Waals surface area contributed by atoms with Gasteiger partial charge in [-0.15, -0.1) is 11.3 Å². The molecule has 0 saturated carbocycles. The van der Waals surface area contributed by atoms with Crippen molar-refractivity contribution in [3.05, 3.63) is 52.4 Å². The summed E-state index contributed by atoms with van der Waals surface area (Å²) in [6.07, 6.45) is 0.842. The van der Waals surface area contributed by atoms with Crippen LogP contribution < -0.4 is 11.1 Å². The lowest BCUT2D eigenvalue weighted by molar-refractivity contribution is 0.0722. The van der Waals surface area contributed by atoms with Crippen molar-refractivity contribution in [1.29, 1.82) is 0 Å². The molecule has 0 radical (unpaired) electrons. The van der Waals surface area contributed by atoms with Gasteiger partial charge in [-0.2, -0.15) is 0 Å². The van der Waals surface area contributed by atoms with Gasteiger partial charge in [-0.25, -0.2) is 0 Å². The Morgan fingerprint density at radius 3 is 2.69 bits per heavy atom. The fourth-order valence-electron chi connectivity index (χ4n) is 3.16. The summed E-state index contributed by atoms with van der Waals surface area (Å²) in [5.74, 6) is -0.462. The minimum absolute atomic E-state index is 0.178. The molecule has 4 N–H and O–H groups in total. The van der Waals surface area contributed by atoms with Crippen LogP contribution in [0.15, 0.2) is 35.7 Å². The Hall–Kier alpha value is -2.22. The predicted molar refractivity (Wildman–Crippen MR) is 103 cm³/mol. The number of β-amino-alcohol motifs (C(OH)–C–C–N with tert-alkyl or cyclic N) is 1. The largest absolute Gasteiger partial charge is 0.391 e. The monoisotopic (exact) mass is 373 g/mol. The van der Waals surface area contributed by atoms with Gasteiger partial charge in [-0.05, 0) is 42.0 Å². The molecule has 0 spiro atoms. The highest BCUT2D eigenvalue weighted by Gasteiger charge is 2.35. The van der Waals surface area contributed by atoms with E-state index in [1.54, 1.807) is 28.5 Å². The zero-order valence-corrected chi connectivity index (χ0v) is 15.5. The number of hydrogen-bond acceptors (Lipinski definition) is 5. The van der Waals surface area contributed by atoms with Gasteiger partial charge in [-0.1, -0.05) is 19.1 Å². The topological polar surface area (TPSA) is 95.7 Å². The lowest BCUT2D eigenvalue weighted by Crippen LogP contribution is -2.40. The molecular weight excluding hydrogens is 350 g/mol. The molecule has 1 aromatic heterocycles. The summed E-state index contributed by atoms with van der Waals surface area (Å²) in [4.78, 5) is 26.9. The molecule has 1 aliphatic heterocycles. The van der Waals surface area contributed by atoms with Crippen LogP contribution >= 0.6 is 11.3 Å². The van der Waals surface area contributed by atoms with E-state index in [1.807, 2.05) is 12.1 Å². The molecule has 0 aliphatic carbocycles. The number of aliphatic hydroxyl groups excluding tert-OH is 1. The third-order valence-electron chi connectivity index (χ3n) is 4.67. The zero-order chi connectivity index (χ0) is 18.7. The van der Waals surface area contributed by atoms with Crippen LogP contribution in [0.4, 0.5) is 5.00 Å². The van der Waals surface area contributed by atoms with Crippen LogP contribution in [0.3, 0.4) is 0 Å². The van der Waals surface area contributed by atoms with Crippen LogP contribution in [0.25, 0.3) is 0 Å². The Morgan fingerprint density at radius 2 is 2.04 bits per heavy atom. The molecule has 2 heterocycles. The number of thiophene rings is 1. The van der Waals surface area contributed by atoms with E-state index in [1.165, 1.54) is 11.3 Å². The summed E-state index contributed by atoms with van der Waals surface area (Å²) in [6.45, 7) is 2.63. The number of aliphatic hydroxyl groups is 1. The standard InChI is InChI=1S/C19H23N3O3S/c1-2-12-3-5-13(6-4-12)17(24)21-18-16(7-8-26-18)19(25)22-11-15(23)9-14(22)10-20/h3-8,14-15,23H,2,9-11,20H2,1H3,(H,21,24)/t14-,15-/m1/s1. The molecule has 0 unspecified atom stereocenters. The summed E-state index contributed by atoms with van der Waals surface area (Å²) < 4.78 is 0. The van der Waals surface area contributed by atoms with E-state index in [0.29, 0.717) is 29.1 Å². The van der Waals surface area contributed by atoms with Crippen molar-refractivity contribution in [2.24, 2.45) is 5.73 Å². The van der Waals surface area contributed by atoms with E-state index in [4.69, 9.17) is 5.73 Å². The van der Waals surface area contributed by atoms with Crippen LogP contribution in [0.5, 0.6) is 0 Å².